The minimum Gasteiger partial charge on any atom is -0.391 e. The molecule has 0 fully saturated rings. The zero-order valence-corrected chi connectivity index (χ0v) is 11.3. The summed E-state index contributed by atoms with van der Waals surface area (Å²) in [6, 6.07) is 0. The number of aromatic nitrogens is 2. The van der Waals surface area contributed by atoms with Crippen LogP contribution in [-0.2, 0) is 0 Å². The van der Waals surface area contributed by atoms with Crippen LogP contribution in [0.3, 0.4) is 0 Å². The number of rotatable bonds is 6. The van der Waals surface area contributed by atoms with Crippen LogP contribution in [0.5, 0.6) is 0 Å². The molecule has 1 rings (SSSR count). The van der Waals surface area contributed by atoms with Gasteiger partial charge >= 0.3 is 0 Å². The van der Waals surface area contributed by atoms with Crippen LogP contribution in [0, 0.1) is 5.92 Å². The fourth-order valence-electron chi connectivity index (χ4n) is 1.76. The summed E-state index contributed by atoms with van der Waals surface area (Å²) in [5.74, 6) is -0.210. The molecule has 0 spiro atoms. The molecule has 1 heterocycles. The molecule has 1 unspecified atom stereocenters. The Labute approximate surface area is 112 Å². The average molecular weight is 272 g/mol. The number of aliphatic hydroxyl groups is 1. The molecule has 0 aliphatic rings. The average Bonchev–Trinajstić information content (AvgIpc) is 2.38. The van der Waals surface area contributed by atoms with Gasteiger partial charge in [0.1, 0.15) is 12.0 Å². The second-order valence-electron chi connectivity index (χ2n) is 4.07. The molecule has 0 saturated heterocycles. The van der Waals surface area contributed by atoms with Gasteiger partial charge in [-0.25, -0.2) is 9.97 Å². The molecule has 18 heavy (non-hydrogen) atoms. The van der Waals surface area contributed by atoms with Crippen molar-refractivity contribution in [1.29, 1.82) is 0 Å². The van der Waals surface area contributed by atoms with Crippen molar-refractivity contribution in [2.75, 3.05) is 6.54 Å². The van der Waals surface area contributed by atoms with Crippen molar-refractivity contribution in [3.05, 3.63) is 23.2 Å². The molecule has 1 aromatic heterocycles. The van der Waals surface area contributed by atoms with Crippen molar-refractivity contribution >= 4 is 17.5 Å². The number of amides is 1. The topological polar surface area (TPSA) is 75.1 Å². The summed E-state index contributed by atoms with van der Waals surface area (Å²) < 4.78 is 0. The summed E-state index contributed by atoms with van der Waals surface area (Å²) in [6.07, 6.45) is 3.83. The maximum Gasteiger partial charge on any atom is 0.271 e. The van der Waals surface area contributed by atoms with E-state index < -0.39 is 12.0 Å². The fourth-order valence-corrected chi connectivity index (χ4v) is 1.95. The SMILES string of the molecule is CCC(CC)C(O)CNC(=O)c1ncncc1Cl. The third kappa shape index (κ3) is 3.92. The van der Waals surface area contributed by atoms with Crippen molar-refractivity contribution in [2.45, 2.75) is 32.8 Å². The van der Waals surface area contributed by atoms with Crippen LogP contribution < -0.4 is 5.32 Å². The predicted octanol–water partition coefficient (Wildman–Crippen LogP) is 1.66. The number of nitrogens with zero attached hydrogens (tertiary/aromatic N) is 2. The lowest BCUT2D eigenvalue weighted by Crippen LogP contribution is -2.36. The normalized spacial score (nSPS) is 12.5. The van der Waals surface area contributed by atoms with Crippen molar-refractivity contribution in [3.63, 3.8) is 0 Å². The summed E-state index contributed by atoms with van der Waals surface area (Å²) in [6.45, 7) is 4.23. The lowest BCUT2D eigenvalue weighted by Gasteiger charge is -2.20. The van der Waals surface area contributed by atoms with Gasteiger partial charge in [0.15, 0.2) is 0 Å². The van der Waals surface area contributed by atoms with Gasteiger partial charge in [-0.3, -0.25) is 4.79 Å². The first-order valence-electron chi connectivity index (χ1n) is 6.01. The minimum absolute atomic E-state index is 0.128. The van der Waals surface area contributed by atoms with E-state index in [1.807, 2.05) is 13.8 Å². The molecule has 1 atom stereocenters. The second-order valence-corrected chi connectivity index (χ2v) is 4.48. The van der Waals surface area contributed by atoms with Crippen LogP contribution in [0.1, 0.15) is 37.2 Å². The number of aliphatic hydroxyl groups excluding tert-OH is 1. The maximum atomic E-state index is 11.8. The second kappa shape index (κ2) is 7.28. The van der Waals surface area contributed by atoms with Crippen LogP contribution in [-0.4, -0.2) is 33.6 Å². The first kappa shape index (κ1) is 14.9. The Bertz CT molecular complexity index is 397. The van der Waals surface area contributed by atoms with E-state index >= 15 is 0 Å². The number of hydrogen-bond acceptors (Lipinski definition) is 4. The van der Waals surface area contributed by atoms with E-state index in [0.717, 1.165) is 12.8 Å². The van der Waals surface area contributed by atoms with Crippen LogP contribution in [0.4, 0.5) is 0 Å². The number of hydrogen-bond donors (Lipinski definition) is 2. The lowest BCUT2D eigenvalue weighted by molar-refractivity contribution is 0.0813. The maximum absolute atomic E-state index is 11.8. The van der Waals surface area contributed by atoms with Gasteiger partial charge in [0, 0.05) is 12.7 Å². The van der Waals surface area contributed by atoms with Crippen molar-refractivity contribution < 1.29 is 9.90 Å². The number of carbonyl (C=O) groups is 1. The molecule has 0 bridgehead atoms. The molecule has 0 aliphatic carbocycles. The van der Waals surface area contributed by atoms with Gasteiger partial charge in [0.2, 0.25) is 0 Å². The Hall–Kier alpha value is -1.20. The van der Waals surface area contributed by atoms with Crippen molar-refractivity contribution in [3.8, 4) is 0 Å². The zero-order valence-electron chi connectivity index (χ0n) is 10.6. The van der Waals surface area contributed by atoms with E-state index in [-0.39, 0.29) is 23.2 Å². The minimum atomic E-state index is -0.551. The Morgan fingerprint density at radius 1 is 1.50 bits per heavy atom. The Kier molecular flexibility index (Phi) is 6.01. The molecule has 5 nitrogen and oxygen atoms in total. The van der Waals surface area contributed by atoms with Gasteiger partial charge in [0.25, 0.3) is 5.91 Å². The van der Waals surface area contributed by atoms with E-state index in [4.69, 9.17) is 11.6 Å². The van der Waals surface area contributed by atoms with Crippen LogP contribution in [0.2, 0.25) is 5.02 Å². The van der Waals surface area contributed by atoms with Gasteiger partial charge in [-0.15, -0.1) is 0 Å². The third-order valence-corrected chi connectivity index (χ3v) is 3.22. The monoisotopic (exact) mass is 271 g/mol. The summed E-state index contributed by atoms with van der Waals surface area (Å²) in [5, 5.41) is 12.7. The molecule has 0 saturated carbocycles. The van der Waals surface area contributed by atoms with E-state index in [9.17, 15) is 9.90 Å². The van der Waals surface area contributed by atoms with Crippen LogP contribution in [0.15, 0.2) is 12.5 Å². The molecule has 0 aliphatic heterocycles. The van der Waals surface area contributed by atoms with E-state index in [0.29, 0.717) is 0 Å². The summed E-state index contributed by atoms with van der Waals surface area (Å²) in [4.78, 5) is 19.3. The highest BCUT2D eigenvalue weighted by atomic mass is 35.5. The molecule has 1 aromatic rings. The molecular weight excluding hydrogens is 254 g/mol. The standard InChI is InChI=1S/C12H18ClN3O2/c1-3-8(4-2)10(17)6-15-12(18)11-9(13)5-14-7-16-11/h5,7-8,10,17H,3-4,6H2,1-2H3,(H,15,18). The third-order valence-electron chi connectivity index (χ3n) is 2.95. The van der Waals surface area contributed by atoms with Gasteiger partial charge in [-0.1, -0.05) is 38.3 Å². The first-order chi connectivity index (χ1) is 8.60. The molecular formula is C12H18ClN3O2. The van der Waals surface area contributed by atoms with E-state index in [1.54, 1.807) is 0 Å². The Morgan fingerprint density at radius 3 is 2.72 bits per heavy atom. The van der Waals surface area contributed by atoms with Crippen molar-refractivity contribution in [1.82, 2.24) is 15.3 Å². The Morgan fingerprint density at radius 2 is 2.17 bits per heavy atom. The van der Waals surface area contributed by atoms with Gasteiger partial charge in [-0.2, -0.15) is 0 Å². The zero-order chi connectivity index (χ0) is 13.5. The van der Waals surface area contributed by atoms with Gasteiger partial charge in [-0.05, 0) is 5.92 Å². The molecule has 1 amide bonds. The molecule has 6 heteroatoms. The van der Waals surface area contributed by atoms with Crippen LogP contribution >= 0.6 is 11.6 Å². The summed E-state index contributed by atoms with van der Waals surface area (Å²) in [5.41, 5.74) is 0.128. The molecule has 100 valence electrons. The van der Waals surface area contributed by atoms with Crippen LogP contribution in [0.25, 0.3) is 0 Å². The quantitative estimate of drug-likeness (QED) is 0.825. The molecule has 0 radical (unpaired) electrons. The summed E-state index contributed by atoms with van der Waals surface area (Å²) in [7, 11) is 0. The smallest absolute Gasteiger partial charge is 0.271 e. The summed E-state index contributed by atoms with van der Waals surface area (Å²) >= 11 is 5.80. The van der Waals surface area contributed by atoms with E-state index in [1.165, 1.54) is 12.5 Å². The lowest BCUT2D eigenvalue weighted by atomic mass is 9.96. The highest BCUT2D eigenvalue weighted by molar-refractivity contribution is 6.33. The predicted molar refractivity (Wildman–Crippen MR) is 69.5 cm³/mol. The fraction of sp³-hybridized carbons (Fsp3) is 0.583. The Balaban J connectivity index is 2.54. The van der Waals surface area contributed by atoms with Gasteiger partial charge in [0.05, 0.1) is 11.1 Å². The van der Waals surface area contributed by atoms with Crippen molar-refractivity contribution in [2.24, 2.45) is 5.92 Å². The number of halogens is 1. The van der Waals surface area contributed by atoms with Gasteiger partial charge < -0.3 is 10.4 Å². The number of nitrogens with one attached hydrogen (secondary N) is 1. The molecule has 2 N–H and O–H groups in total. The highest BCUT2D eigenvalue weighted by Gasteiger charge is 2.18. The first-order valence-corrected chi connectivity index (χ1v) is 6.39. The highest BCUT2D eigenvalue weighted by Crippen LogP contribution is 2.13. The number of carbonyl (C=O) groups excluding carboxylic acids is 1. The van der Waals surface area contributed by atoms with E-state index in [2.05, 4.69) is 15.3 Å². The largest absolute Gasteiger partial charge is 0.391 e. The molecule has 0 aromatic carbocycles.